The molecule has 1 aromatic carbocycles. The highest BCUT2D eigenvalue weighted by molar-refractivity contribution is 7.99. The number of anilines is 1. The Morgan fingerprint density at radius 1 is 1.30 bits per heavy atom. The van der Waals surface area contributed by atoms with Crippen molar-refractivity contribution in [3.8, 4) is 0 Å². The van der Waals surface area contributed by atoms with Gasteiger partial charge in [0, 0.05) is 42.4 Å². The van der Waals surface area contributed by atoms with Gasteiger partial charge in [0.15, 0.2) is 0 Å². The van der Waals surface area contributed by atoms with E-state index in [1.54, 1.807) is 24.3 Å². The lowest BCUT2D eigenvalue weighted by Crippen LogP contribution is -2.48. The van der Waals surface area contributed by atoms with Crippen molar-refractivity contribution in [2.24, 2.45) is 0 Å². The number of hydrogen-bond donors (Lipinski definition) is 2. The Morgan fingerprint density at radius 2 is 2.13 bits per heavy atom. The Morgan fingerprint density at radius 3 is 2.87 bits per heavy atom. The van der Waals surface area contributed by atoms with E-state index in [1.165, 1.54) is 0 Å². The second-order valence-electron chi connectivity index (χ2n) is 5.56. The zero-order valence-electron chi connectivity index (χ0n) is 12.9. The van der Waals surface area contributed by atoms with Gasteiger partial charge in [0.25, 0.3) is 5.91 Å². The fourth-order valence-electron chi connectivity index (χ4n) is 2.64. The maximum atomic E-state index is 12.5. The fraction of sp³-hybridized carbons (Fsp3) is 0.500. The Balaban J connectivity index is 1.64. The van der Waals surface area contributed by atoms with E-state index in [4.69, 9.17) is 4.74 Å². The standard InChI is InChI=1S/C16H21N3O3S/c20-15(14-11-22-7-4-17-14)18-13-3-1-2-12(10-13)16(21)19-5-8-23-9-6-19/h1-3,10,14,17H,4-9,11H2,(H,18,20). The van der Waals surface area contributed by atoms with Crippen LogP contribution in [0.2, 0.25) is 0 Å². The van der Waals surface area contributed by atoms with Gasteiger partial charge in [0.05, 0.1) is 13.2 Å². The Kier molecular flexibility index (Phi) is 5.53. The molecule has 2 fully saturated rings. The number of thioether (sulfide) groups is 1. The molecule has 2 N–H and O–H groups in total. The number of ether oxygens (including phenoxy) is 1. The van der Waals surface area contributed by atoms with Crippen LogP contribution < -0.4 is 10.6 Å². The van der Waals surface area contributed by atoms with Crippen molar-refractivity contribution in [2.45, 2.75) is 6.04 Å². The van der Waals surface area contributed by atoms with E-state index in [2.05, 4.69) is 10.6 Å². The van der Waals surface area contributed by atoms with Crippen molar-refractivity contribution in [1.82, 2.24) is 10.2 Å². The summed E-state index contributed by atoms with van der Waals surface area (Å²) < 4.78 is 5.30. The average molecular weight is 335 g/mol. The lowest BCUT2D eigenvalue weighted by atomic mass is 10.1. The van der Waals surface area contributed by atoms with Gasteiger partial charge in [-0.15, -0.1) is 0 Å². The number of hydrogen-bond acceptors (Lipinski definition) is 5. The highest BCUT2D eigenvalue weighted by Gasteiger charge is 2.22. The molecule has 6 nitrogen and oxygen atoms in total. The lowest BCUT2D eigenvalue weighted by Gasteiger charge is -2.26. The number of benzene rings is 1. The maximum Gasteiger partial charge on any atom is 0.253 e. The minimum absolute atomic E-state index is 0.0283. The van der Waals surface area contributed by atoms with Crippen LogP contribution in [0.3, 0.4) is 0 Å². The second-order valence-corrected chi connectivity index (χ2v) is 6.78. The molecule has 2 heterocycles. The first-order chi connectivity index (χ1) is 11.2. The van der Waals surface area contributed by atoms with Gasteiger partial charge >= 0.3 is 0 Å². The van der Waals surface area contributed by atoms with E-state index >= 15 is 0 Å². The summed E-state index contributed by atoms with van der Waals surface area (Å²) in [6.45, 7) is 3.23. The van der Waals surface area contributed by atoms with Crippen molar-refractivity contribution < 1.29 is 14.3 Å². The molecule has 0 radical (unpaired) electrons. The molecule has 2 aliphatic rings. The molecule has 124 valence electrons. The van der Waals surface area contributed by atoms with Crippen molar-refractivity contribution >= 4 is 29.3 Å². The van der Waals surface area contributed by atoms with E-state index < -0.39 is 0 Å². The second kappa shape index (κ2) is 7.81. The predicted octanol–water partition coefficient (Wildman–Crippen LogP) is 0.802. The fourth-order valence-corrected chi connectivity index (χ4v) is 3.55. The number of rotatable bonds is 3. The summed E-state index contributed by atoms with van der Waals surface area (Å²) in [5.41, 5.74) is 1.25. The summed E-state index contributed by atoms with van der Waals surface area (Å²) >= 11 is 1.87. The first kappa shape index (κ1) is 16.3. The molecular formula is C16H21N3O3S. The molecule has 7 heteroatoms. The lowest BCUT2D eigenvalue weighted by molar-refractivity contribution is -0.120. The third kappa shape index (κ3) is 4.25. The largest absolute Gasteiger partial charge is 0.378 e. The highest BCUT2D eigenvalue weighted by Crippen LogP contribution is 2.16. The molecule has 2 saturated heterocycles. The normalized spacial score (nSPS) is 21.7. The topological polar surface area (TPSA) is 70.7 Å². The van der Waals surface area contributed by atoms with E-state index in [9.17, 15) is 9.59 Å². The maximum absolute atomic E-state index is 12.5. The molecule has 1 atom stereocenters. The van der Waals surface area contributed by atoms with E-state index in [0.717, 1.165) is 24.6 Å². The van der Waals surface area contributed by atoms with Crippen LogP contribution in [0.4, 0.5) is 5.69 Å². The van der Waals surface area contributed by atoms with Crippen LogP contribution in [0.15, 0.2) is 24.3 Å². The Labute approximate surface area is 139 Å². The molecule has 23 heavy (non-hydrogen) atoms. The first-order valence-electron chi connectivity index (χ1n) is 7.83. The van der Waals surface area contributed by atoms with Gasteiger partial charge in [0.1, 0.15) is 6.04 Å². The van der Waals surface area contributed by atoms with Crippen molar-refractivity contribution in [3.05, 3.63) is 29.8 Å². The SMILES string of the molecule is O=C(Nc1cccc(C(=O)N2CCSCC2)c1)C1COCCN1. The van der Waals surface area contributed by atoms with Crippen LogP contribution in [-0.4, -0.2) is 67.1 Å². The number of nitrogens with zero attached hydrogens (tertiary/aromatic N) is 1. The first-order valence-corrected chi connectivity index (χ1v) is 8.98. The average Bonchev–Trinajstić information content (AvgIpc) is 2.63. The molecule has 2 aliphatic heterocycles. The van der Waals surface area contributed by atoms with E-state index in [0.29, 0.717) is 31.0 Å². The molecule has 0 aromatic heterocycles. The van der Waals surface area contributed by atoms with Gasteiger partial charge in [-0.25, -0.2) is 0 Å². The summed E-state index contributed by atoms with van der Waals surface area (Å²) in [5, 5.41) is 5.97. The summed E-state index contributed by atoms with van der Waals surface area (Å²) in [6.07, 6.45) is 0. The number of morpholine rings is 1. The monoisotopic (exact) mass is 335 g/mol. The third-order valence-corrected chi connectivity index (χ3v) is 4.86. The van der Waals surface area contributed by atoms with Gasteiger partial charge < -0.3 is 20.3 Å². The van der Waals surface area contributed by atoms with Gasteiger partial charge in [-0.05, 0) is 18.2 Å². The molecule has 1 unspecified atom stereocenters. The molecular weight excluding hydrogens is 314 g/mol. The van der Waals surface area contributed by atoms with Crippen LogP contribution in [0.25, 0.3) is 0 Å². The highest BCUT2D eigenvalue weighted by atomic mass is 32.2. The minimum Gasteiger partial charge on any atom is -0.378 e. The molecule has 0 spiro atoms. The van der Waals surface area contributed by atoms with Crippen LogP contribution in [0.5, 0.6) is 0 Å². The predicted molar refractivity (Wildman–Crippen MR) is 90.9 cm³/mol. The van der Waals surface area contributed by atoms with Gasteiger partial charge in [-0.1, -0.05) is 6.07 Å². The molecule has 3 rings (SSSR count). The molecule has 0 aliphatic carbocycles. The van der Waals surface area contributed by atoms with Crippen LogP contribution >= 0.6 is 11.8 Å². The van der Waals surface area contributed by atoms with Crippen molar-refractivity contribution in [1.29, 1.82) is 0 Å². The summed E-state index contributed by atoms with van der Waals surface area (Å²) in [6, 6.07) is 6.78. The van der Waals surface area contributed by atoms with Gasteiger partial charge in [-0.2, -0.15) is 11.8 Å². The Hall–Kier alpha value is -1.57. The van der Waals surface area contributed by atoms with E-state index in [1.807, 2.05) is 16.7 Å². The van der Waals surface area contributed by atoms with Crippen LogP contribution in [0, 0.1) is 0 Å². The molecule has 2 amide bonds. The number of carbonyl (C=O) groups is 2. The van der Waals surface area contributed by atoms with E-state index in [-0.39, 0.29) is 17.9 Å². The number of carbonyl (C=O) groups excluding carboxylic acids is 2. The van der Waals surface area contributed by atoms with Gasteiger partial charge in [0.2, 0.25) is 5.91 Å². The van der Waals surface area contributed by atoms with Crippen molar-refractivity contribution in [2.75, 3.05) is 49.7 Å². The number of nitrogens with one attached hydrogen (secondary N) is 2. The van der Waals surface area contributed by atoms with Crippen LogP contribution in [-0.2, 0) is 9.53 Å². The van der Waals surface area contributed by atoms with Gasteiger partial charge in [-0.3, -0.25) is 9.59 Å². The zero-order valence-corrected chi connectivity index (χ0v) is 13.7. The quantitative estimate of drug-likeness (QED) is 0.855. The smallest absolute Gasteiger partial charge is 0.253 e. The van der Waals surface area contributed by atoms with Crippen LogP contribution in [0.1, 0.15) is 10.4 Å². The summed E-state index contributed by atoms with van der Waals surface area (Å²) in [5.74, 6) is 1.86. The Bertz CT molecular complexity index is 569. The molecule has 0 saturated carbocycles. The summed E-state index contributed by atoms with van der Waals surface area (Å²) in [7, 11) is 0. The third-order valence-electron chi connectivity index (χ3n) is 3.91. The molecule has 1 aromatic rings. The summed E-state index contributed by atoms with van der Waals surface area (Å²) in [4.78, 5) is 26.6. The van der Waals surface area contributed by atoms with Crippen molar-refractivity contribution in [3.63, 3.8) is 0 Å². The minimum atomic E-state index is -0.345. The number of amides is 2. The molecule has 0 bridgehead atoms. The zero-order chi connectivity index (χ0) is 16.1.